The Hall–Kier alpha value is -2.48. The molecule has 0 saturated carbocycles. The van der Waals surface area contributed by atoms with Gasteiger partial charge in [-0.25, -0.2) is 4.79 Å². The van der Waals surface area contributed by atoms with E-state index in [1.807, 2.05) is 38.1 Å². The summed E-state index contributed by atoms with van der Waals surface area (Å²) in [6, 6.07) is 19.6. The Morgan fingerprint density at radius 1 is 0.889 bits per heavy atom. The number of hydrogen-bond acceptors (Lipinski definition) is 3. The molecule has 0 fully saturated rings. The fourth-order valence-electron chi connectivity index (χ4n) is 2.68. The summed E-state index contributed by atoms with van der Waals surface area (Å²) in [5.74, 6) is 0.0456. The number of ether oxygens (including phenoxy) is 1. The second kappa shape index (κ2) is 8.47. The maximum absolute atomic E-state index is 12.7. The molecule has 0 bridgehead atoms. The molecule has 0 aliphatic heterocycles. The van der Waals surface area contributed by atoms with Gasteiger partial charge in [0.2, 0.25) is 0 Å². The minimum atomic E-state index is -0.409. The second-order valence-corrected chi connectivity index (χ2v) is 7.77. The van der Waals surface area contributed by atoms with Crippen LogP contribution in [0, 0.1) is 13.8 Å². The van der Waals surface area contributed by atoms with Crippen molar-refractivity contribution >= 4 is 37.0 Å². The van der Waals surface area contributed by atoms with Crippen LogP contribution in [0.15, 0.2) is 66.7 Å². The SMILES string of the molecule is Cc1cc(OC(=O)c2ccccc2)ccc1PC(=O)c1c(C)cccc1Cl. The molecule has 0 radical (unpaired) electrons. The third-order valence-corrected chi connectivity index (χ3v) is 5.74. The Labute approximate surface area is 165 Å². The van der Waals surface area contributed by atoms with E-state index < -0.39 is 5.97 Å². The molecule has 0 spiro atoms. The lowest BCUT2D eigenvalue weighted by atomic mass is 10.1. The van der Waals surface area contributed by atoms with Crippen molar-refractivity contribution in [2.75, 3.05) is 0 Å². The zero-order valence-corrected chi connectivity index (χ0v) is 16.7. The predicted molar refractivity (Wildman–Crippen MR) is 111 cm³/mol. The Bertz CT molecular complexity index is 979. The number of aryl methyl sites for hydroxylation is 2. The molecule has 1 atom stereocenters. The van der Waals surface area contributed by atoms with E-state index >= 15 is 0 Å². The Kier molecular flexibility index (Phi) is 6.05. The molecule has 0 heterocycles. The van der Waals surface area contributed by atoms with E-state index in [0.717, 1.165) is 16.4 Å². The predicted octanol–water partition coefficient (Wildman–Crippen LogP) is 5.32. The van der Waals surface area contributed by atoms with Gasteiger partial charge in [-0.05, 0) is 69.2 Å². The van der Waals surface area contributed by atoms with Crippen LogP contribution in [0.3, 0.4) is 0 Å². The van der Waals surface area contributed by atoms with Crippen molar-refractivity contribution < 1.29 is 14.3 Å². The molecule has 3 aromatic rings. The summed E-state index contributed by atoms with van der Waals surface area (Å²) >= 11 is 6.20. The van der Waals surface area contributed by atoms with Crippen LogP contribution in [-0.4, -0.2) is 11.5 Å². The average molecular weight is 397 g/mol. The van der Waals surface area contributed by atoms with Gasteiger partial charge in [0.25, 0.3) is 0 Å². The van der Waals surface area contributed by atoms with E-state index in [2.05, 4.69) is 0 Å². The molecule has 0 N–H and O–H groups in total. The third kappa shape index (κ3) is 4.63. The molecular weight excluding hydrogens is 379 g/mol. The quantitative estimate of drug-likeness (QED) is 0.333. The Morgan fingerprint density at radius 2 is 1.63 bits per heavy atom. The molecule has 0 amide bonds. The summed E-state index contributed by atoms with van der Waals surface area (Å²) in [7, 11) is -0.0514. The summed E-state index contributed by atoms with van der Waals surface area (Å²) in [4.78, 5) is 24.9. The maximum Gasteiger partial charge on any atom is 0.343 e. The number of carbonyl (C=O) groups excluding carboxylic acids is 2. The molecule has 27 heavy (non-hydrogen) atoms. The zero-order chi connectivity index (χ0) is 19.4. The summed E-state index contributed by atoms with van der Waals surface area (Å²) < 4.78 is 5.42. The lowest BCUT2D eigenvalue weighted by Crippen LogP contribution is -2.10. The number of hydrogen-bond donors (Lipinski definition) is 0. The van der Waals surface area contributed by atoms with Gasteiger partial charge in [0.15, 0.2) is 5.52 Å². The average Bonchev–Trinajstić information content (AvgIpc) is 2.64. The lowest BCUT2D eigenvalue weighted by molar-refractivity contribution is 0.0734. The van der Waals surface area contributed by atoms with Crippen molar-refractivity contribution in [2.24, 2.45) is 0 Å². The van der Waals surface area contributed by atoms with Crippen molar-refractivity contribution in [1.29, 1.82) is 0 Å². The third-order valence-electron chi connectivity index (χ3n) is 4.12. The molecule has 0 aromatic heterocycles. The van der Waals surface area contributed by atoms with E-state index in [1.54, 1.807) is 42.5 Å². The van der Waals surface area contributed by atoms with Gasteiger partial charge in [-0.1, -0.05) is 48.0 Å². The lowest BCUT2D eigenvalue weighted by Gasteiger charge is -2.11. The molecular formula is C22H18ClO3P. The van der Waals surface area contributed by atoms with Gasteiger partial charge < -0.3 is 4.74 Å². The molecule has 0 saturated heterocycles. The van der Waals surface area contributed by atoms with E-state index in [-0.39, 0.29) is 14.1 Å². The van der Waals surface area contributed by atoms with Gasteiger partial charge in [0.05, 0.1) is 10.6 Å². The highest BCUT2D eigenvalue weighted by molar-refractivity contribution is 7.66. The van der Waals surface area contributed by atoms with Crippen LogP contribution in [0.2, 0.25) is 5.02 Å². The highest BCUT2D eigenvalue weighted by Crippen LogP contribution is 2.29. The standard InChI is InChI=1S/C22H18ClO3P/c1-14-7-6-10-18(23)20(14)22(25)27-19-12-11-17(13-15(19)2)26-21(24)16-8-4-3-5-9-16/h3-13,27H,1-2H3. The van der Waals surface area contributed by atoms with Crippen LogP contribution >= 0.6 is 20.2 Å². The van der Waals surface area contributed by atoms with E-state index in [1.165, 1.54) is 0 Å². The van der Waals surface area contributed by atoms with Crippen molar-refractivity contribution in [3.63, 3.8) is 0 Å². The van der Waals surface area contributed by atoms with Crippen molar-refractivity contribution in [3.05, 3.63) is 94.0 Å². The van der Waals surface area contributed by atoms with Crippen molar-refractivity contribution in [3.8, 4) is 5.75 Å². The number of halogens is 1. The molecule has 1 unspecified atom stereocenters. The smallest absolute Gasteiger partial charge is 0.343 e. The van der Waals surface area contributed by atoms with Gasteiger partial charge in [0.1, 0.15) is 5.75 Å². The van der Waals surface area contributed by atoms with Crippen LogP contribution in [0.1, 0.15) is 31.8 Å². The van der Waals surface area contributed by atoms with Crippen LogP contribution < -0.4 is 10.0 Å². The van der Waals surface area contributed by atoms with Crippen LogP contribution in [0.5, 0.6) is 5.75 Å². The van der Waals surface area contributed by atoms with Crippen LogP contribution in [-0.2, 0) is 0 Å². The maximum atomic E-state index is 12.7. The fraction of sp³-hybridized carbons (Fsp3) is 0.0909. The largest absolute Gasteiger partial charge is 0.423 e. The molecule has 0 aliphatic rings. The van der Waals surface area contributed by atoms with Crippen molar-refractivity contribution in [2.45, 2.75) is 13.8 Å². The van der Waals surface area contributed by atoms with Crippen LogP contribution in [0.25, 0.3) is 0 Å². The minimum absolute atomic E-state index is 0.00442. The van der Waals surface area contributed by atoms with Crippen LogP contribution in [0.4, 0.5) is 0 Å². The summed E-state index contributed by atoms with van der Waals surface area (Å²) in [6.45, 7) is 3.78. The number of benzene rings is 3. The normalized spacial score (nSPS) is 10.9. The first-order valence-corrected chi connectivity index (χ1v) is 9.78. The Morgan fingerprint density at radius 3 is 2.30 bits per heavy atom. The number of rotatable bonds is 5. The highest BCUT2D eigenvalue weighted by atomic mass is 35.5. The van der Waals surface area contributed by atoms with Gasteiger partial charge >= 0.3 is 5.97 Å². The number of esters is 1. The number of carbonyl (C=O) groups is 2. The summed E-state index contributed by atoms with van der Waals surface area (Å²) in [6.07, 6.45) is 0. The van der Waals surface area contributed by atoms with Gasteiger partial charge in [-0.15, -0.1) is 0 Å². The first kappa shape index (κ1) is 19.3. The first-order valence-electron chi connectivity index (χ1n) is 8.40. The fourth-order valence-corrected chi connectivity index (χ4v) is 4.21. The van der Waals surface area contributed by atoms with E-state index in [4.69, 9.17) is 16.3 Å². The molecule has 5 heteroatoms. The molecule has 0 aliphatic carbocycles. The Balaban J connectivity index is 1.75. The van der Waals surface area contributed by atoms with Gasteiger partial charge in [0, 0.05) is 5.56 Å². The highest BCUT2D eigenvalue weighted by Gasteiger charge is 2.16. The zero-order valence-electron chi connectivity index (χ0n) is 15.0. The molecule has 3 aromatic carbocycles. The first-order chi connectivity index (χ1) is 13.0. The second-order valence-electron chi connectivity index (χ2n) is 6.12. The molecule has 3 nitrogen and oxygen atoms in total. The van der Waals surface area contributed by atoms with Gasteiger partial charge in [-0.2, -0.15) is 0 Å². The monoisotopic (exact) mass is 396 g/mol. The van der Waals surface area contributed by atoms with E-state index in [9.17, 15) is 9.59 Å². The van der Waals surface area contributed by atoms with Crippen molar-refractivity contribution in [1.82, 2.24) is 0 Å². The minimum Gasteiger partial charge on any atom is -0.423 e. The van der Waals surface area contributed by atoms with E-state index in [0.29, 0.717) is 21.9 Å². The van der Waals surface area contributed by atoms with Gasteiger partial charge in [-0.3, -0.25) is 4.79 Å². The summed E-state index contributed by atoms with van der Waals surface area (Å²) in [5, 5.41) is 1.37. The molecule has 3 rings (SSSR count). The summed E-state index contributed by atoms with van der Waals surface area (Å²) in [5.41, 5.74) is 2.81. The topological polar surface area (TPSA) is 43.4 Å². The molecule has 136 valence electrons.